The van der Waals surface area contributed by atoms with Gasteiger partial charge in [0.2, 0.25) is 0 Å². The van der Waals surface area contributed by atoms with Crippen molar-refractivity contribution in [1.29, 1.82) is 0 Å². The van der Waals surface area contributed by atoms with Gasteiger partial charge in [-0.15, -0.1) is 0 Å². The molecule has 0 aliphatic carbocycles. The molecule has 1 heterocycles. The van der Waals surface area contributed by atoms with E-state index >= 15 is 0 Å². The second-order valence-electron chi connectivity index (χ2n) is 4.47. The summed E-state index contributed by atoms with van der Waals surface area (Å²) in [5, 5.41) is 5.37. The Morgan fingerprint density at radius 3 is 2.86 bits per heavy atom. The fourth-order valence-electron chi connectivity index (χ4n) is 1.88. The third-order valence-electron chi connectivity index (χ3n) is 2.91. The maximum atomic E-state index is 11.9. The number of aromatic amines is 1. The predicted octanol–water partition coefficient (Wildman–Crippen LogP) is 1.95. The number of aromatic nitrogens is 2. The van der Waals surface area contributed by atoms with Gasteiger partial charge >= 0.3 is 12.0 Å². The van der Waals surface area contributed by atoms with E-state index in [0.29, 0.717) is 24.2 Å². The van der Waals surface area contributed by atoms with E-state index in [9.17, 15) is 9.59 Å². The van der Waals surface area contributed by atoms with Gasteiger partial charge in [0.15, 0.2) is 0 Å². The lowest BCUT2D eigenvalue weighted by Gasteiger charge is -2.11. The van der Waals surface area contributed by atoms with Crippen LogP contribution in [0.1, 0.15) is 23.0 Å². The van der Waals surface area contributed by atoms with Crippen LogP contribution in [0.2, 0.25) is 0 Å². The number of hydrogen-bond donors (Lipinski definition) is 3. The summed E-state index contributed by atoms with van der Waals surface area (Å²) in [6.45, 7) is 2.47. The first-order valence-electron chi connectivity index (χ1n) is 6.99. The van der Waals surface area contributed by atoms with Crippen molar-refractivity contribution in [1.82, 2.24) is 15.3 Å². The molecule has 0 bridgehead atoms. The molecule has 7 heteroatoms. The minimum absolute atomic E-state index is 0.281. The molecule has 0 atom stereocenters. The largest absolute Gasteiger partial charge is 0.462 e. The lowest BCUT2D eigenvalue weighted by Crippen LogP contribution is -2.31. The Kier molecular flexibility index (Phi) is 5.53. The van der Waals surface area contributed by atoms with Crippen LogP contribution in [0.15, 0.2) is 36.8 Å². The summed E-state index contributed by atoms with van der Waals surface area (Å²) in [4.78, 5) is 30.5. The van der Waals surface area contributed by atoms with E-state index in [1.165, 1.54) is 0 Å². The summed E-state index contributed by atoms with van der Waals surface area (Å²) in [7, 11) is 0. The molecule has 2 aromatic rings. The summed E-state index contributed by atoms with van der Waals surface area (Å²) >= 11 is 0. The van der Waals surface area contributed by atoms with Crippen molar-refractivity contribution in [2.75, 3.05) is 18.5 Å². The number of carbonyl (C=O) groups is 2. The van der Waals surface area contributed by atoms with E-state index in [4.69, 9.17) is 4.74 Å². The van der Waals surface area contributed by atoms with E-state index in [-0.39, 0.29) is 12.6 Å². The predicted molar refractivity (Wildman–Crippen MR) is 81.7 cm³/mol. The van der Waals surface area contributed by atoms with Crippen LogP contribution in [0.3, 0.4) is 0 Å². The van der Waals surface area contributed by atoms with Gasteiger partial charge < -0.3 is 20.4 Å². The number of nitrogens with zero attached hydrogens (tertiary/aromatic N) is 1. The topological polar surface area (TPSA) is 96.1 Å². The zero-order valence-corrected chi connectivity index (χ0v) is 12.3. The van der Waals surface area contributed by atoms with Crippen LogP contribution in [-0.4, -0.2) is 35.1 Å². The first kappa shape index (κ1) is 15.6. The van der Waals surface area contributed by atoms with Crippen molar-refractivity contribution in [2.24, 2.45) is 0 Å². The van der Waals surface area contributed by atoms with E-state index in [1.807, 2.05) is 0 Å². The van der Waals surface area contributed by atoms with Gasteiger partial charge in [0.25, 0.3) is 0 Å². The quantitative estimate of drug-likeness (QED) is 0.711. The van der Waals surface area contributed by atoms with Gasteiger partial charge in [-0.1, -0.05) is 12.1 Å². The van der Waals surface area contributed by atoms with Crippen molar-refractivity contribution in [2.45, 2.75) is 13.3 Å². The second-order valence-corrected chi connectivity index (χ2v) is 4.47. The standard InChI is InChI=1S/C15H18N4O3/c1-2-22-14(20)12-5-3-4-6-13(12)19-15(21)17-8-7-11-9-16-10-18-11/h3-6,9-10H,2,7-8H2,1H3,(H,16,18)(H2,17,19,21). The maximum absolute atomic E-state index is 11.9. The number of esters is 1. The number of anilines is 1. The molecule has 0 saturated heterocycles. The molecule has 0 fully saturated rings. The molecule has 0 saturated carbocycles. The van der Waals surface area contributed by atoms with Gasteiger partial charge in [-0.2, -0.15) is 0 Å². The molecule has 0 aliphatic rings. The van der Waals surface area contributed by atoms with E-state index in [0.717, 1.165) is 5.69 Å². The number of nitrogens with one attached hydrogen (secondary N) is 3. The average Bonchev–Trinajstić information content (AvgIpc) is 3.01. The summed E-state index contributed by atoms with van der Waals surface area (Å²) in [5.74, 6) is -0.462. The van der Waals surface area contributed by atoms with Gasteiger partial charge in [-0.3, -0.25) is 0 Å². The van der Waals surface area contributed by atoms with Gasteiger partial charge in [0, 0.05) is 24.9 Å². The zero-order chi connectivity index (χ0) is 15.8. The molecular weight excluding hydrogens is 284 g/mol. The van der Waals surface area contributed by atoms with Crippen molar-refractivity contribution >= 4 is 17.7 Å². The molecule has 7 nitrogen and oxygen atoms in total. The lowest BCUT2D eigenvalue weighted by atomic mass is 10.2. The number of imidazole rings is 1. The Labute approximate surface area is 128 Å². The normalized spacial score (nSPS) is 10.0. The summed E-state index contributed by atoms with van der Waals surface area (Å²) in [6, 6.07) is 6.34. The first-order valence-corrected chi connectivity index (χ1v) is 6.99. The molecule has 0 aliphatic heterocycles. The third-order valence-corrected chi connectivity index (χ3v) is 2.91. The highest BCUT2D eigenvalue weighted by atomic mass is 16.5. The summed E-state index contributed by atoms with van der Waals surface area (Å²) < 4.78 is 4.96. The van der Waals surface area contributed by atoms with Gasteiger partial charge in [0.05, 0.1) is 24.2 Å². The van der Waals surface area contributed by atoms with E-state index < -0.39 is 5.97 Å². The Bertz CT molecular complexity index is 625. The number of hydrogen-bond acceptors (Lipinski definition) is 4. The van der Waals surface area contributed by atoms with Crippen LogP contribution in [-0.2, 0) is 11.2 Å². The molecule has 22 heavy (non-hydrogen) atoms. The number of para-hydroxylation sites is 1. The SMILES string of the molecule is CCOC(=O)c1ccccc1NC(=O)NCCc1cnc[nH]1. The molecule has 1 aromatic carbocycles. The summed E-state index contributed by atoms with van der Waals surface area (Å²) in [5.41, 5.74) is 1.68. The maximum Gasteiger partial charge on any atom is 0.340 e. The van der Waals surface area contributed by atoms with Crippen LogP contribution in [0.5, 0.6) is 0 Å². The fraction of sp³-hybridized carbons (Fsp3) is 0.267. The van der Waals surface area contributed by atoms with Crippen LogP contribution < -0.4 is 10.6 Å². The highest BCUT2D eigenvalue weighted by Gasteiger charge is 2.13. The van der Waals surface area contributed by atoms with Crippen molar-refractivity contribution < 1.29 is 14.3 Å². The Balaban J connectivity index is 1.89. The smallest absolute Gasteiger partial charge is 0.340 e. The monoisotopic (exact) mass is 302 g/mol. The minimum atomic E-state index is -0.462. The molecule has 0 radical (unpaired) electrons. The molecule has 116 valence electrons. The van der Waals surface area contributed by atoms with Crippen molar-refractivity contribution in [3.63, 3.8) is 0 Å². The minimum Gasteiger partial charge on any atom is -0.462 e. The number of benzene rings is 1. The van der Waals surface area contributed by atoms with Crippen molar-refractivity contribution in [3.8, 4) is 0 Å². The second kappa shape index (κ2) is 7.82. The number of rotatable bonds is 6. The average molecular weight is 302 g/mol. The molecule has 1 aromatic heterocycles. The highest BCUT2D eigenvalue weighted by molar-refractivity contribution is 6.00. The van der Waals surface area contributed by atoms with Crippen LogP contribution in [0.25, 0.3) is 0 Å². The van der Waals surface area contributed by atoms with Gasteiger partial charge in [-0.05, 0) is 19.1 Å². The summed E-state index contributed by atoms with van der Waals surface area (Å²) in [6.07, 6.45) is 3.94. The van der Waals surface area contributed by atoms with Crippen molar-refractivity contribution in [3.05, 3.63) is 48.0 Å². The fourth-order valence-corrected chi connectivity index (χ4v) is 1.88. The number of urea groups is 1. The Hall–Kier alpha value is -2.83. The molecule has 0 spiro atoms. The highest BCUT2D eigenvalue weighted by Crippen LogP contribution is 2.16. The van der Waals surface area contributed by atoms with Gasteiger partial charge in [-0.25, -0.2) is 14.6 Å². The molecule has 2 amide bonds. The molecule has 2 rings (SSSR count). The van der Waals surface area contributed by atoms with Gasteiger partial charge in [0.1, 0.15) is 0 Å². The van der Waals surface area contributed by atoms with Crippen LogP contribution >= 0.6 is 0 Å². The molecule has 3 N–H and O–H groups in total. The van der Waals surface area contributed by atoms with Crippen LogP contribution in [0.4, 0.5) is 10.5 Å². The number of amides is 2. The number of carbonyl (C=O) groups excluding carboxylic acids is 2. The molecular formula is C15H18N4O3. The first-order chi connectivity index (χ1) is 10.7. The van der Waals surface area contributed by atoms with Crippen LogP contribution in [0, 0.1) is 0 Å². The lowest BCUT2D eigenvalue weighted by molar-refractivity contribution is 0.0527. The number of ether oxygens (including phenoxy) is 1. The number of H-pyrrole nitrogens is 1. The zero-order valence-electron chi connectivity index (χ0n) is 12.3. The Morgan fingerprint density at radius 1 is 1.32 bits per heavy atom. The Morgan fingerprint density at radius 2 is 2.14 bits per heavy atom. The van der Waals surface area contributed by atoms with E-state index in [1.54, 1.807) is 43.7 Å². The third kappa shape index (κ3) is 4.34. The molecule has 0 unspecified atom stereocenters. The van der Waals surface area contributed by atoms with E-state index in [2.05, 4.69) is 20.6 Å².